The van der Waals surface area contributed by atoms with E-state index in [1.165, 1.54) is 30.0 Å². The van der Waals surface area contributed by atoms with E-state index in [0.29, 0.717) is 12.1 Å². The number of alkyl halides is 3. The van der Waals surface area contributed by atoms with Crippen LogP contribution in [-0.2, 0) is 17.9 Å². The number of halogens is 3. The first-order valence-electron chi connectivity index (χ1n) is 7.64. The maximum absolute atomic E-state index is 12.4. The Kier molecular flexibility index (Phi) is 5.08. The second kappa shape index (κ2) is 7.31. The minimum atomic E-state index is -4.82. The fourth-order valence-corrected chi connectivity index (χ4v) is 2.48. The van der Waals surface area contributed by atoms with E-state index >= 15 is 0 Å². The average Bonchev–Trinajstić information content (AvgIpc) is 3.03. The Labute approximate surface area is 150 Å². The lowest BCUT2D eigenvalue weighted by atomic mass is 10.2. The summed E-state index contributed by atoms with van der Waals surface area (Å²) >= 11 is 0. The van der Waals surface area contributed by atoms with Crippen molar-refractivity contribution in [2.24, 2.45) is 0 Å². The van der Waals surface area contributed by atoms with Gasteiger partial charge in [-0.1, -0.05) is 6.07 Å². The van der Waals surface area contributed by atoms with Gasteiger partial charge in [0.15, 0.2) is 11.5 Å². The SMILES string of the molecule is COc1cc(CO[C@@H]2COc3nc([N+](=O)[O-])cn3C2)ccc1OC(F)(F)F. The third-order valence-corrected chi connectivity index (χ3v) is 3.65. The smallest absolute Gasteiger partial charge is 0.493 e. The highest BCUT2D eigenvalue weighted by Gasteiger charge is 2.32. The van der Waals surface area contributed by atoms with Crippen LogP contribution in [0.25, 0.3) is 0 Å². The number of ether oxygens (including phenoxy) is 4. The van der Waals surface area contributed by atoms with Crippen LogP contribution >= 0.6 is 0 Å². The summed E-state index contributed by atoms with van der Waals surface area (Å²) in [7, 11) is 1.23. The zero-order valence-electron chi connectivity index (χ0n) is 13.9. The van der Waals surface area contributed by atoms with Crippen molar-refractivity contribution in [1.29, 1.82) is 0 Å². The molecular weight excluding hydrogens is 375 g/mol. The van der Waals surface area contributed by atoms with Gasteiger partial charge in [0.1, 0.15) is 18.9 Å². The van der Waals surface area contributed by atoms with E-state index in [4.69, 9.17) is 14.2 Å². The minimum absolute atomic E-state index is 0.0722. The Bertz CT molecular complexity index is 839. The lowest BCUT2D eigenvalue weighted by Crippen LogP contribution is -2.32. The molecule has 146 valence electrons. The summed E-state index contributed by atoms with van der Waals surface area (Å²) in [4.78, 5) is 13.8. The molecule has 1 atom stereocenters. The van der Waals surface area contributed by atoms with Crippen LogP contribution in [0.1, 0.15) is 5.56 Å². The fourth-order valence-electron chi connectivity index (χ4n) is 2.48. The largest absolute Gasteiger partial charge is 0.573 e. The number of imidazole rings is 1. The number of hydrogen-bond acceptors (Lipinski definition) is 7. The third-order valence-electron chi connectivity index (χ3n) is 3.65. The molecule has 0 saturated heterocycles. The molecule has 0 bridgehead atoms. The van der Waals surface area contributed by atoms with Crippen molar-refractivity contribution in [1.82, 2.24) is 9.55 Å². The van der Waals surface area contributed by atoms with Crippen molar-refractivity contribution in [3.8, 4) is 17.5 Å². The van der Waals surface area contributed by atoms with Crippen molar-refractivity contribution in [2.75, 3.05) is 13.7 Å². The molecule has 0 saturated carbocycles. The highest BCUT2D eigenvalue weighted by Crippen LogP contribution is 2.33. The molecule has 3 rings (SSSR count). The molecule has 27 heavy (non-hydrogen) atoms. The maximum Gasteiger partial charge on any atom is 0.573 e. The topological polar surface area (TPSA) is 97.9 Å². The van der Waals surface area contributed by atoms with Crippen molar-refractivity contribution in [3.63, 3.8) is 0 Å². The Morgan fingerprint density at radius 1 is 1.41 bits per heavy atom. The first-order chi connectivity index (χ1) is 12.7. The van der Waals surface area contributed by atoms with Gasteiger partial charge in [0.05, 0.1) is 20.3 Å². The van der Waals surface area contributed by atoms with Gasteiger partial charge in [-0.2, -0.15) is 0 Å². The van der Waals surface area contributed by atoms with Gasteiger partial charge in [0.2, 0.25) is 0 Å². The van der Waals surface area contributed by atoms with E-state index in [-0.39, 0.29) is 30.8 Å². The number of aromatic nitrogens is 2. The molecule has 12 heteroatoms. The summed E-state index contributed by atoms with van der Waals surface area (Å²) in [6.07, 6.45) is -3.99. The van der Waals surface area contributed by atoms with E-state index in [1.54, 1.807) is 0 Å². The van der Waals surface area contributed by atoms with Crippen LogP contribution in [0.15, 0.2) is 24.4 Å². The van der Waals surface area contributed by atoms with Gasteiger partial charge >= 0.3 is 18.2 Å². The zero-order chi connectivity index (χ0) is 19.6. The van der Waals surface area contributed by atoms with Crippen LogP contribution in [0.3, 0.4) is 0 Å². The zero-order valence-corrected chi connectivity index (χ0v) is 13.9. The summed E-state index contributed by atoms with van der Waals surface area (Å²) in [6, 6.07) is 4.07. The first-order valence-corrected chi connectivity index (χ1v) is 7.64. The van der Waals surface area contributed by atoms with Gasteiger partial charge in [-0.3, -0.25) is 4.57 Å². The Morgan fingerprint density at radius 2 is 2.19 bits per heavy atom. The van der Waals surface area contributed by atoms with Gasteiger partial charge in [0, 0.05) is 4.98 Å². The van der Waals surface area contributed by atoms with Gasteiger partial charge in [-0.25, -0.2) is 0 Å². The first kappa shape index (κ1) is 18.8. The molecular formula is C15H14F3N3O6. The predicted molar refractivity (Wildman–Crippen MR) is 82.6 cm³/mol. The average molecular weight is 389 g/mol. The Morgan fingerprint density at radius 3 is 2.85 bits per heavy atom. The lowest BCUT2D eigenvalue weighted by molar-refractivity contribution is -0.389. The van der Waals surface area contributed by atoms with Gasteiger partial charge < -0.3 is 29.1 Å². The molecule has 1 aromatic heterocycles. The maximum atomic E-state index is 12.4. The number of hydrogen-bond donors (Lipinski definition) is 0. The molecule has 9 nitrogen and oxygen atoms in total. The van der Waals surface area contributed by atoms with Crippen LogP contribution in [-0.4, -0.2) is 40.7 Å². The molecule has 1 aliphatic heterocycles. The van der Waals surface area contributed by atoms with Crippen molar-refractivity contribution >= 4 is 5.82 Å². The highest BCUT2D eigenvalue weighted by molar-refractivity contribution is 5.42. The van der Waals surface area contributed by atoms with Gasteiger partial charge in [-0.05, 0) is 22.6 Å². The normalized spacial score (nSPS) is 16.4. The number of methoxy groups -OCH3 is 1. The van der Waals surface area contributed by atoms with Crippen molar-refractivity contribution in [2.45, 2.75) is 25.6 Å². The van der Waals surface area contributed by atoms with E-state index < -0.39 is 23.1 Å². The van der Waals surface area contributed by atoms with Gasteiger partial charge in [0.25, 0.3) is 0 Å². The fraction of sp³-hybridized carbons (Fsp3) is 0.400. The number of rotatable bonds is 6. The quantitative estimate of drug-likeness (QED) is 0.553. The van der Waals surface area contributed by atoms with Crippen LogP contribution in [0, 0.1) is 10.1 Å². The molecule has 0 aliphatic carbocycles. The summed E-state index contributed by atoms with van der Waals surface area (Å²) in [5.74, 6) is -0.860. The van der Waals surface area contributed by atoms with Gasteiger partial charge in [-0.15, -0.1) is 13.2 Å². The van der Waals surface area contributed by atoms with Crippen LogP contribution in [0.2, 0.25) is 0 Å². The Hall–Kier alpha value is -3.02. The monoisotopic (exact) mass is 389 g/mol. The molecule has 1 aromatic carbocycles. The molecule has 0 radical (unpaired) electrons. The standard InChI is InChI=1S/C15H14F3N3O6/c1-24-12-4-9(2-3-11(12)27-15(16,17)18)7-25-10-5-20-6-13(21(22)23)19-14(20)26-8-10/h2-4,6,10H,5,7-8H2,1H3/t10-/m0/s1. The van der Waals surface area contributed by atoms with E-state index in [9.17, 15) is 23.3 Å². The molecule has 0 fully saturated rings. The van der Waals surface area contributed by atoms with E-state index in [0.717, 1.165) is 6.07 Å². The number of benzene rings is 1. The van der Waals surface area contributed by atoms with Crippen LogP contribution in [0.5, 0.6) is 17.5 Å². The van der Waals surface area contributed by atoms with Crippen molar-refractivity contribution in [3.05, 3.63) is 40.1 Å². The summed E-state index contributed by atoms with van der Waals surface area (Å²) in [6.45, 7) is 0.506. The molecule has 1 aliphatic rings. The molecule has 0 spiro atoms. The number of nitrogens with zero attached hydrogens (tertiary/aromatic N) is 3. The summed E-state index contributed by atoms with van der Waals surface area (Å²) in [5.41, 5.74) is 0.559. The highest BCUT2D eigenvalue weighted by atomic mass is 19.4. The second-order valence-electron chi connectivity index (χ2n) is 5.57. The van der Waals surface area contributed by atoms with E-state index in [2.05, 4.69) is 9.72 Å². The summed E-state index contributed by atoms with van der Waals surface area (Å²) < 4.78 is 58.3. The molecule has 0 unspecified atom stereocenters. The number of nitro groups is 1. The molecule has 2 heterocycles. The van der Waals surface area contributed by atoms with Crippen LogP contribution < -0.4 is 14.2 Å². The minimum Gasteiger partial charge on any atom is -0.493 e. The molecule has 2 aromatic rings. The Balaban J connectivity index is 1.62. The second-order valence-corrected chi connectivity index (χ2v) is 5.57. The third kappa shape index (κ3) is 4.58. The number of fused-ring (bicyclic) bond motifs is 1. The lowest BCUT2D eigenvalue weighted by Gasteiger charge is -2.22. The van der Waals surface area contributed by atoms with Crippen LogP contribution in [0.4, 0.5) is 19.0 Å². The summed E-state index contributed by atoms with van der Waals surface area (Å²) in [5, 5.41) is 10.7. The molecule has 0 N–H and O–H groups in total. The predicted octanol–water partition coefficient (Wildman–Crippen LogP) is 2.68. The van der Waals surface area contributed by atoms with E-state index in [1.807, 2.05) is 0 Å². The van der Waals surface area contributed by atoms with Crippen molar-refractivity contribution < 1.29 is 37.0 Å². The molecule has 0 amide bonds.